The van der Waals surface area contributed by atoms with E-state index in [2.05, 4.69) is 16.0 Å². The number of nitrogens with two attached hydrogens (primary N) is 2. The molecule has 0 amide bonds. The van der Waals surface area contributed by atoms with E-state index in [-0.39, 0.29) is 6.17 Å². The van der Waals surface area contributed by atoms with E-state index in [1.165, 1.54) is 0 Å². The molecular weight excluding hydrogens is 164 g/mol. The fourth-order valence-electron chi connectivity index (χ4n) is 0.918. The van der Waals surface area contributed by atoms with Gasteiger partial charge in [0.15, 0.2) is 0 Å². The van der Waals surface area contributed by atoms with E-state index >= 15 is 0 Å². The first-order valence-corrected chi connectivity index (χ1v) is 4.86. The molecule has 0 aromatic rings. The molecule has 0 saturated carbocycles. The molecule has 76 valence electrons. The van der Waals surface area contributed by atoms with Crippen LogP contribution in [0, 0.1) is 0 Å². The molecular formula is C9H20N4. The summed E-state index contributed by atoms with van der Waals surface area (Å²) in [7, 11) is 0. The van der Waals surface area contributed by atoms with Gasteiger partial charge < -0.3 is 11.5 Å². The van der Waals surface area contributed by atoms with Gasteiger partial charge in [0.2, 0.25) is 0 Å². The smallest absolute Gasteiger partial charge is 0.0892 e. The van der Waals surface area contributed by atoms with Gasteiger partial charge in [-0.05, 0) is 19.8 Å². The molecule has 0 atom stereocenters. The van der Waals surface area contributed by atoms with Crippen LogP contribution in [0.15, 0.2) is 9.98 Å². The average molecular weight is 184 g/mol. The highest BCUT2D eigenvalue weighted by atomic mass is 14.8. The van der Waals surface area contributed by atoms with E-state index in [9.17, 15) is 0 Å². The van der Waals surface area contributed by atoms with Crippen molar-refractivity contribution < 1.29 is 0 Å². The fraction of sp³-hybridized carbons (Fsp3) is 0.889. The SMILES string of the molecule is CCN=C=NCCCCCC(N)N. The maximum atomic E-state index is 5.40. The monoisotopic (exact) mass is 184 g/mol. The molecule has 0 heterocycles. The van der Waals surface area contributed by atoms with Crippen LogP contribution in [0.2, 0.25) is 0 Å². The van der Waals surface area contributed by atoms with Crippen LogP contribution in [-0.2, 0) is 0 Å². The van der Waals surface area contributed by atoms with Gasteiger partial charge in [-0.1, -0.05) is 12.8 Å². The number of aliphatic imine (C=N–C) groups is 2. The Morgan fingerprint density at radius 3 is 2.54 bits per heavy atom. The Balaban J connectivity index is 3.12. The molecule has 0 aromatic carbocycles. The van der Waals surface area contributed by atoms with Gasteiger partial charge in [-0.2, -0.15) is 0 Å². The van der Waals surface area contributed by atoms with E-state index in [1.54, 1.807) is 0 Å². The molecule has 13 heavy (non-hydrogen) atoms. The van der Waals surface area contributed by atoms with Crippen molar-refractivity contribution in [1.29, 1.82) is 0 Å². The van der Waals surface area contributed by atoms with E-state index < -0.39 is 0 Å². The molecule has 0 aliphatic rings. The lowest BCUT2D eigenvalue weighted by Gasteiger charge is -2.02. The standard InChI is InChI=1S/C9H20N4/c1-2-12-8-13-7-5-3-4-6-9(10)11/h9H,2-7,10-11H2,1H3. The summed E-state index contributed by atoms with van der Waals surface area (Å²) in [4.78, 5) is 7.86. The first-order chi connectivity index (χ1) is 6.27. The van der Waals surface area contributed by atoms with Gasteiger partial charge >= 0.3 is 0 Å². The van der Waals surface area contributed by atoms with Crippen LogP contribution in [0.25, 0.3) is 0 Å². The fourth-order valence-corrected chi connectivity index (χ4v) is 0.918. The Morgan fingerprint density at radius 2 is 1.92 bits per heavy atom. The van der Waals surface area contributed by atoms with Gasteiger partial charge in [0.05, 0.1) is 12.2 Å². The van der Waals surface area contributed by atoms with Crippen molar-refractivity contribution >= 4 is 6.01 Å². The van der Waals surface area contributed by atoms with Crippen LogP contribution in [-0.4, -0.2) is 25.3 Å². The number of unbranched alkanes of at least 4 members (excludes halogenated alkanes) is 2. The third kappa shape index (κ3) is 11.3. The molecule has 0 rings (SSSR count). The summed E-state index contributed by atoms with van der Waals surface area (Å²) in [5, 5.41) is 0. The molecule has 4 nitrogen and oxygen atoms in total. The van der Waals surface area contributed by atoms with E-state index in [0.717, 1.165) is 38.8 Å². The largest absolute Gasteiger partial charge is 0.316 e. The molecule has 0 bridgehead atoms. The summed E-state index contributed by atoms with van der Waals surface area (Å²) >= 11 is 0. The maximum Gasteiger partial charge on any atom is 0.0892 e. The Bertz CT molecular complexity index is 159. The van der Waals surface area contributed by atoms with Gasteiger partial charge in [-0.3, -0.25) is 0 Å². The molecule has 0 aliphatic carbocycles. The molecule has 0 saturated heterocycles. The van der Waals surface area contributed by atoms with E-state index in [1.807, 2.05) is 6.92 Å². The van der Waals surface area contributed by atoms with Gasteiger partial charge in [0.1, 0.15) is 0 Å². The molecule has 0 fully saturated rings. The lowest BCUT2D eigenvalue weighted by molar-refractivity contribution is 0.568. The number of hydrogen-bond acceptors (Lipinski definition) is 4. The third-order valence-corrected chi connectivity index (χ3v) is 1.61. The third-order valence-electron chi connectivity index (χ3n) is 1.61. The minimum atomic E-state index is -0.162. The molecule has 0 aromatic heterocycles. The lowest BCUT2D eigenvalue weighted by Crippen LogP contribution is -2.29. The Labute approximate surface area is 80.1 Å². The molecule has 0 spiro atoms. The second-order valence-corrected chi connectivity index (χ2v) is 2.97. The second-order valence-electron chi connectivity index (χ2n) is 2.97. The van der Waals surface area contributed by atoms with Crippen molar-refractivity contribution in [2.75, 3.05) is 13.1 Å². The Morgan fingerprint density at radius 1 is 1.15 bits per heavy atom. The van der Waals surface area contributed by atoms with Crippen LogP contribution < -0.4 is 11.5 Å². The Kier molecular flexibility index (Phi) is 8.88. The molecule has 4 N–H and O–H groups in total. The average Bonchev–Trinajstić information content (AvgIpc) is 2.09. The minimum Gasteiger partial charge on any atom is -0.316 e. The van der Waals surface area contributed by atoms with Crippen molar-refractivity contribution in [3.05, 3.63) is 0 Å². The minimum absolute atomic E-state index is 0.162. The normalized spacial score (nSPS) is 9.85. The summed E-state index contributed by atoms with van der Waals surface area (Å²) in [5.41, 5.74) is 10.8. The topological polar surface area (TPSA) is 76.8 Å². The van der Waals surface area contributed by atoms with E-state index in [0.29, 0.717) is 0 Å². The highest BCUT2D eigenvalue weighted by molar-refractivity contribution is 5.40. The predicted molar refractivity (Wildman–Crippen MR) is 55.9 cm³/mol. The van der Waals surface area contributed by atoms with E-state index in [4.69, 9.17) is 11.5 Å². The quantitative estimate of drug-likeness (QED) is 0.351. The summed E-state index contributed by atoms with van der Waals surface area (Å²) in [6.07, 6.45) is 4.01. The molecule has 4 heteroatoms. The van der Waals surface area contributed by atoms with Gasteiger partial charge in [-0.15, -0.1) is 0 Å². The second kappa shape index (κ2) is 9.39. The Hall–Kier alpha value is -0.700. The lowest BCUT2D eigenvalue weighted by atomic mass is 10.2. The van der Waals surface area contributed by atoms with Gasteiger partial charge in [0.25, 0.3) is 0 Å². The van der Waals surface area contributed by atoms with Crippen molar-refractivity contribution in [3.63, 3.8) is 0 Å². The first kappa shape index (κ1) is 12.3. The maximum absolute atomic E-state index is 5.40. The van der Waals surface area contributed by atoms with Crippen LogP contribution in [0.4, 0.5) is 0 Å². The first-order valence-electron chi connectivity index (χ1n) is 4.86. The van der Waals surface area contributed by atoms with Crippen LogP contribution in [0.1, 0.15) is 32.6 Å². The van der Waals surface area contributed by atoms with Crippen molar-refractivity contribution in [2.45, 2.75) is 38.8 Å². The summed E-state index contributed by atoms with van der Waals surface area (Å²) in [6, 6.07) is 2.64. The predicted octanol–water partition coefficient (Wildman–Crippen LogP) is 0.984. The zero-order valence-corrected chi connectivity index (χ0v) is 8.37. The highest BCUT2D eigenvalue weighted by Gasteiger charge is 1.93. The highest BCUT2D eigenvalue weighted by Crippen LogP contribution is 1.99. The zero-order chi connectivity index (χ0) is 9.94. The number of nitrogens with zero attached hydrogens (tertiary/aromatic N) is 2. The van der Waals surface area contributed by atoms with Crippen molar-refractivity contribution in [3.8, 4) is 0 Å². The summed E-state index contributed by atoms with van der Waals surface area (Å²) < 4.78 is 0. The zero-order valence-electron chi connectivity index (χ0n) is 8.37. The van der Waals surface area contributed by atoms with Gasteiger partial charge in [0, 0.05) is 13.1 Å². The number of hydrogen-bond donors (Lipinski definition) is 2. The summed E-state index contributed by atoms with van der Waals surface area (Å²) in [5.74, 6) is 0. The van der Waals surface area contributed by atoms with Crippen LogP contribution in [0.5, 0.6) is 0 Å². The van der Waals surface area contributed by atoms with Crippen LogP contribution >= 0.6 is 0 Å². The van der Waals surface area contributed by atoms with Crippen molar-refractivity contribution in [2.24, 2.45) is 21.5 Å². The van der Waals surface area contributed by atoms with Gasteiger partial charge in [-0.25, -0.2) is 9.98 Å². The molecule has 0 unspecified atom stereocenters. The van der Waals surface area contributed by atoms with Crippen molar-refractivity contribution in [1.82, 2.24) is 0 Å². The number of rotatable bonds is 7. The molecule has 0 radical (unpaired) electrons. The summed E-state index contributed by atoms with van der Waals surface area (Å²) in [6.45, 7) is 3.53. The van der Waals surface area contributed by atoms with Crippen LogP contribution in [0.3, 0.4) is 0 Å². The molecule has 0 aliphatic heterocycles.